The fourth-order valence-corrected chi connectivity index (χ4v) is 13.4. The van der Waals surface area contributed by atoms with Gasteiger partial charge in [0.25, 0.3) is 6.71 Å². The number of rotatable bonds is 2. The van der Waals surface area contributed by atoms with Crippen LogP contribution in [0.2, 0.25) is 0 Å². The van der Waals surface area contributed by atoms with Crippen molar-refractivity contribution in [2.24, 2.45) is 0 Å². The van der Waals surface area contributed by atoms with E-state index < -0.39 is 0 Å². The summed E-state index contributed by atoms with van der Waals surface area (Å²) in [7, 11) is 0. The third-order valence-corrected chi connectivity index (χ3v) is 18.4. The van der Waals surface area contributed by atoms with Crippen molar-refractivity contribution in [2.75, 3.05) is 9.80 Å². The summed E-state index contributed by atoms with van der Waals surface area (Å²) in [6.45, 7) is 31.5. The van der Waals surface area contributed by atoms with Crippen LogP contribution in [0.3, 0.4) is 0 Å². The van der Waals surface area contributed by atoms with Crippen LogP contribution in [0.5, 0.6) is 23.0 Å². The fraction of sp³-hybridized carbons (Fsp3) is 0.231. The van der Waals surface area contributed by atoms with Crippen molar-refractivity contribution in [3.05, 3.63) is 215 Å². The van der Waals surface area contributed by atoms with Gasteiger partial charge in [-0.15, -0.1) is 59.5 Å². The molecule has 1 radical (unpaired) electrons. The first-order chi connectivity index (χ1) is 41.4. The molecule has 0 bridgehead atoms. The molecule has 7 heterocycles. The van der Waals surface area contributed by atoms with E-state index in [-0.39, 0.29) is 54.3 Å². The summed E-state index contributed by atoms with van der Waals surface area (Å²) in [5, 5.41) is 3.32. The van der Waals surface area contributed by atoms with Gasteiger partial charge in [-0.2, -0.15) is 0 Å². The fourth-order valence-electron chi connectivity index (χ4n) is 13.4. The van der Waals surface area contributed by atoms with Gasteiger partial charge in [0.05, 0.1) is 39.4 Å². The zero-order chi connectivity index (χ0) is 60.5. The Balaban J connectivity index is 0.000000372. The summed E-state index contributed by atoms with van der Waals surface area (Å²) >= 11 is 0. The van der Waals surface area contributed by atoms with Crippen molar-refractivity contribution in [1.29, 1.82) is 0 Å². The predicted octanol–water partition coefficient (Wildman–Crippen LogP) is 19.0. The number of pyridine rings is 2. The first-order valence-corrected chi connectivity index (χ1v) is 30.4. The minimum absolute atomic E-state index is 0. The molecule has 0 spiro atoms. The molecule has 4 aliphatic heterocycles. The Morgan fingerprint density at radius 2 is 1.08 bits per heavy atom. The molecule has 3 aromatic heterocycles. The molecule has 9 aromatic carbocycles. The van der Waals surface area contributed by atoms with Crippen LogP contribution in [0, 0.1) is 31.8 Å². The Morgan fingerprint density at radius 3 is 1.64 bits per heavy atom. The van der Waals surface area contributed by atoms with Crippen molar-refractivity contribution in [3.8, 4) is 45.4 Å². The van der Waals surface area contributed by atoms with Gasteiger partial charge in [0.15, 0.2) is 23.0 Å². The molecule has 0 saturated carbocycles. The molecular weight excluding hydrogens is 1260 g/mol. The maximum Gasteiger partial charge on any atom is 0.252 e. The molecule has 0 fully saturated rings. The normalized spacial score (nSPS) is 13.6. The molecule has 7 nitrogen and oxygen atoms in total. The molecule has 0 aliphatic carbocycles. The smallest absolute Gasteiger partial charge is 0.252 e. The Morgan fingerprint density at radius 1 is 0.500 bits per heavy atom. The van der Waals surface area contributed by atoms with Gasteiger partial charge in [-0.1, -0.05) is 149 Å². The first-order valence-electron chi connectivity index (χ1n) is 30.4. The molecule has 0 saturated heterocycles. The molecule has 0 unspecified atom stereocenters. The molecule has 4 aliphatic rings. The average Bonchev–Trinajstić information content (AvgIpc) is 0.772. The van der Waals surface area contributed by atoms with E-state index in [0.717, 1.165) is 123 Å². The monoisotopic (exact) mass is 1330 g/mol. The third kappa shape index (κ3) is 9.06. The summed E-state index contributed by atoms with van der Waals surface area (Å²) < 4.78 is 29.6. The molecule has 0 atom stereocenters. The number of fused-ring (bicyclic) bond motifs is 16. The molecule has 0 N–H and O–H groups in total. The topological polar surface area (TPSA) is 55.1 Å². The number of halogens is 1. The van der Waals surface area contributed by atoms with Crippen LogP contribution < -0.4 is 35.7 Å². The molecule has 10 heteroatoms. The van der Waals surface area contributed by atoms with E-state index in [1.54, 1.807) is 6.07 Å². The number of aryl methyl sites for hydroxylation is 2. The average molecular weight is 1330 g/mol. The van der Waals surface area contributed by atoms with Gasteiger partial charge in [-0.25, -0.2) is 0 Å². The maximum atomic E-state index is 12.7. The molecule has 88 heavy (non-hydrogen) atoms. The molecule has 16 rings (SSSR count). The number of aromatic nitrogens is 3. The van der Waals surface area contributed by atoms with Crippen LogP contribution in [0.15, 0.2) is 164 Å². The minimum Gasteiger partial charge on any atom is -0.453 e. The van der Waals surface area contributed by atoms with Gasteiger partial charge in [0.1, 0.15) is 0 Å². The molecule has 12 aromatic rings. The summed E-state index contributed by atoms with van der Waals surface area (Å²) in [5.41, 5.74) is 25.1. The van der Waals surface area contributed by atoms with Crippen molar-refractivity contribution < 1.29 is 34.0 Å². The van der Waals surface area contributed by atoms with Crippen LogP contribution in [0.1, 0.15) is 116 Å². The van der Waals surface area contributed by atoms with E-state index in [2.05, 4.69) is 242 Å². The predicted molar refractivity (Wildman–Crippen MR) is 359 cm³/mol. The first kappa shape index (κ1) is 57.2. The number of para-hydroxylation sites is 2. The van der Waals surface area contributed by atoms with Crippen molar-refractivity contribution >= 4 is 95.6 Å². The number of benzene rings is 9. The van der Waals surface area contributed by atoms with Gasteiger partial charge >= 0.3 is 0 Å². The number of anilines is 6. The van der Waals surface area contributed by atoms with Gasteiger partial charge in [0, 0.05) is 49.0 Å². The summed E-state index contributed by atoms with van der Waals surface area (Å²) in [5.74, 6) is 3.23. The molecule has 439 valence electrons. The standard InChI is InChI=1S/C65H58BN4O2.C13H11FN.Ir/c1-62(2,3)38-22-25-49-54(32-38)71-56-34-40(64(7,8)9)30-45-59(56)68(49)52-28-37(36-21-24-43-42-17-13-14-18-44(42)61-67-47-19-15-16-20-48(47)70(61)51(43)27-36)29-53-58(52)66(45)46-31-41(65(10,11)12)35-57-60(46)69(53)50-26-23-39(63(4,5)6)33-55(50)72-57;1-9-7-13(15-8-10(9)2)11-3-5-12(14)6-4-11;/h13-17,19-35H,1-12H3;3,5-8H,1-2H3;/q2*-1;. The zero-order valence-corrected chi connectivity index (χ0v) is 54.8. The van der Waals surface area contributed by atoms with Crippen LogP contribution in [-0.4, -0.2) is 21.1 Å². The number of imidazole rings is 1. The third-order valence-electron chi connectivity index (χ3n) is 18.4. The van der Waals surface area contributed by atoms with Crippen molar-refractivity contribution in [3.63, 3.8) is 0 Å². The van der Waals surface area contributed by atoms with Gasteiger partial charge in [0.2, 0.25) is 0 Å². The van der Waals surface area contributed by atoms with Crippen LogP contribution in [0.25, 0.3) is 60.7 Å². The molecular formula is C78H69BFIrN5O2-2. The summed E-state index contributed by atoms with van der Waals surface area (Å²) in [6, 6.07) is 62.9. The second kappa shape index (κ2) is 20.0. The Bertz CT molecular complexity index is 4760. The van der Waals surface area contributed by atoms with E-state index in [0.29, 0.717) is 0 Å². The van der Waals surface area contributed by atoms with Gasteiger partial charge < -0.3 is 28.7 Å². The zero-order valence-electron chi connectivity index (χ0n) is 52.4. The number of hydrogen-bond donors (Lipinski definition) is 0. The molecule has 0 amide bonds. The number of hydrogen-bond acceptors (Lipinski definition) is 6. The van der Waals surface area contributed by atoms with Gasteiger partial charge in [-0.05, 0) is 169 Å². The van der Waals surface area contributed by atoms with E-state index >= 15 is 0 Å². The summed E-state index contributed by atoms with van der Waals surface area (Å²) in [6.07, 6.45) is 1.82. The second-order valence-corrected chi connectivity index (χ2v) is 28.5. The Kier molecular flexibility index (Phi) is 13.0. The van der Waals surface area contributed by atoms with Gasteiger partial charge in [-0.3, -0.25) is 9.37 Å². The second-order valence-electron chi connectivity index (χ2n) is 28.5. The quantitative estimate of drug-likeness (QED) is 0.0977. The SMILES string of the molecule is CC(C)(C)c1ccc2c(c1)Oc1cc(C(C)(C)C)cc3c1N2c1cc(-c2ccc4c5ccc[c-]c5c5nc6ccccc6n5c4c2)cc2c1B3c1cc(C(C)(C)C)cc3c1N2c1ccc(C(C)(C)C)cc1O3.Cc1cnc(-c2[c-]cc(F)cc2)cc1C.[Ir]. The van der Waals surface area contributed by atoms with Crippen molar-refractivity contribution in [1.82, 2.24) is 14.4 Å². The number of ether oxygens (including phenoxy) is 2. The largest absolute Gasteiger partial charge is 0.453 e. The van der Waals surface area contributed by atoms with E-state index in [4.69, 9.17) is 14.5 Å². The van der Waals surface area contributed by atoms with Crippen LogP contribution in [-0.2, 0) is 41.8 Å². The van der Waals surface area contributed by atoms with Crippen molar-refractivity contribution in [2.45, 2.75) is 119 Å². The maximum absolute atomic E-state index is 12.7. The Labute approximate surface area is 529 Å². The minimum atomic E-state index is -0.275. The van der Waals surface area contributed by atoms with E-state index in [1.165, 1.54) is 56.3 Å². The van der Waals surface area contributed by atoms with Crippen LogP contribution in [0.4, 0.5) is 38.5 Å². The number of nitrogens with zero attached hydrogens (tertiary/aromatic N) is 5. The Hall–Kier alpha value is -8.56. The summed E-state index contributed by atoms with van der Waals surface area (Å²) in [4.78, 5) is 14.6. The van der Waals surface area contributed by atoms with E-state index in [1.807, 2.05) is 32.2 Å². The van der Waals surface area contributed by atoms with E-state index in [9.17, 15) is 4.39 Å². The van der Waals surface area contributed by atoms with Crippen LogP contribution >= 0.6 is 0 Å².